The molecular weight excluding hydrogens is 411 g/mol. The second-order valence-corrected chi connectivity index (χ2v) is 9.94. The largest absolute Gasteiger partial charge is 0.338 e. The van der Waals surface area contributed by atoms with Gasteiger partial charge >= 0.3 is 0 Å². The van der Waals surface area contributed by atoms with E-state index in [0.29, 0.717) is 41.8 Å². The van der Waals surface area contributed by atoms with E-state index in [1.807, 2.05) is 6.07 Å². The van der Waals surface area contributed by atoms with Gasteiger partial charge in [-0.15, -0.1) is 11.3 Å². The van der Waals surface area contributed by atoms with Crippen LogP contribution < -0.4 is 4.72 Å². The molecule has 1 aliphatic heterocycles. The van der Waals surface area contributed by atoms with Crippen molar-refractivity contribution in [1.29, 1.82) is 0 Å². The van der Waals surface area contributed by atoms with Crippen LogP contribution in [0.1, 0.15) is 28.1 Å². The van der Waals surface area contributed by atoms with Gasteiger partial charge in [0.1, 0.15) is 5.82 Å². The molecule has 0 spiro atoms. The summed E-state index contributed by atoms with van der Waals surface area (Å²) in [6.45, 7) is 2.68. The lowest BCUT2D eigenvalue weighted by atomic mass is 10.1. The van der Waals surface area contributed by atoms with Crippen molar-refractivity contribution in [3.63, 3.8) is 0 Å². The quantitative estimate of drug-likeness (QED) is 0.679. The van der Waals surface area contributed by atoms with Crippen LogP contribution in [0.25, 0.3) is 10.1 Å². The van der Waals surface area contributed by atoms with E-state index in [2.05, 4.69) is 4.72 Å². The average molecular weight is 433 g/mol. The molecule has 8 heteroatoms. The summed E-state index contributed by atoms with van der Waals surface area (Å²) in [5, 5.41) is 0.506. The summed E-state index contributed by atoms with van der Waals surface area (Å²) in [5.41, 5.74) is 0.667. The zero-order chi connectivity index (χ0) is 20.6. The van der Waals surface area contributed by atoms with Crippen molar-refractivity contribution in [3.8, 4) is 0 Å². The number of likely N-dealkylation sites (tertiary alicyclic amines) is 1. The summed E-state index contributed by atoms with van der Waals surface area (Å²) in [4.78, 5) is 15.5. The molecule has 152 valence electrons. The number of nitrogens with one attached hydrogen (secondary N) is 1. The van der Waals surface area contributed by atoms with Gasteiger partial charge in [0.05, 0.1) is 9.77 Å². The van der Waals surface area contributed by atoms with Gasteiger partial charge in [-0.2, -0.15) is 0 Å². The van der Waals surface area contributed by atoms with E-state index in [4.69, 9.17) is 0 Å². The topological polar surface area (TPSA) is 66.5 Å². The van der Waals surface area contributed by atoms with E-state index in [0.717, 1.165) is 4.70 Å². The minimum atomic E-state index is -3.57. The number of carbonyl (C=O) groups excluding carboxylic acids is 1. The van der Waals surface area contributed by atoms with E-state index in [9.17, 15) is 17.6 Å². The summed E-state index contributed by atoms with van der Waals surface area (Å²) in [7, 11) is -3.57. The fraction of sp³-hybridized carbons (Fsp3) is 0.286. The summed E-state index contributed by atoms with van der Waals surface area (Å²) < 4.78 is 42.6. The van der Waals surface area contributed by atoms with Gasteiger partial charge in [-0.3, -0.25) is 4.79 Å². The zero-order valence-electron chi connectivity index (χ0n) is 15.9. The van der Waals surface area contributed by atoms with E-state index < -0.39 is 10.0 Å². The number of benzene rings is 2. The van der Waals surface area contributed by atoms with Crippen LogP contribution in [-0.4, -0.2) is 38.4 Å². The molecule has 2 heterocycles. The number of hydrogen-bond donors (Lipinski definition) is 1. The molecule has 0 saturated carbocycles. The molecule has 0 aliphatic carbocycles. The molecule has 1 saturated heterocycles. The highest BCUT2D eigenvalue weighted by Gasteiger charge is 2.29. The van der Waals surface area contributed by atoms with Crippen LogP contribution in [-0.2, 0) is 10.0 Å². The fourth-order valence-corrected chi connectivity index (χ4v) is 6.21. The Morgan fingerprint density at radius 1 is 1.10 bits per heavy atom. The van der Waals surface area contributed by atoms with Crippen molar-refractivity contribution >= 4 is 37.4 Å². The van der Waals surface area contributed by atoms with E-state index in [1.165, 1.54) is 17.4 Å². The SMILES string of the molecule is Cc1c(C(=O)N2CCC(NS(=O)(=O)c3ccccc3)CC2)sc2cccc(F)c12. The highest BCUT2D eigenvalue weighted by atomic mass is 32.2. The number of sulfonamides is 1. The Balaban J connectivity index is 1.44. The Morgan fingerprint density at radius 3 is 2.45 bits per heavy atom. The minimum Gasteiger partial charge on any atom is -0.338 e. The molecule has 1 amide bonds. The number of halogens is 1. The van der Waals surface area contributed by atoms with Gasteiger partial charge in [0.2, 0.25) is 10.0 Å². The summed E-state index contributed by atoms with van der Waals surface area (Å²) in [6.07, 6.45) is 1.08. The predicted octanol–water partition coefficient (Wildman–Crippen LogP) is 3.93. The molecule has 5 nitrogen and oxygen atoms in total. The van der Waals surface area contributed by atoms with Crippen LogP contribution in [0.15, 0.2) is 53.4 Å². The molecule has 29 heavy (non-hydrogen) atoms. The first-order valence-corrected chi connectivity index (χ1v) is 11.7. The maximum atomic E-state index is 14.1. The normalized spacial score (nSPS) is 15.7. The van der Waals surface area contributed by atoms with Gasteiger partial charge in [0, 0.05) is 29.2 Å². The lowest BCUT2D eigenvalue weighted by molar-refractivity contribution is 0.0715. The van der Waals surface area contributed by atoms with Gasteiger partial charge in [-0.1, -0.05) is 24.3 Å². The third-order valence-corrected chi connectivity index (χ3v) is 8.04. The average Bonchev–Trinajstić information content (AvgIpc) is 3.06. The predicted molar refractivity (Wildman–Crippen MR) is 112 cm³/mol. The van der Waals surface area contributed by atoms with E-state index in [1.54, 1.807) is 48.2 Å². The lowest BCUT2D eigenvalue weighted by Crippen LogP contribution is -2.46. The Labute approximate surface area is 173 Å². The molecule has 1 N–H and O–H groups in total. The number of hydrogen-bond acceptors (Lipinski definition) is 4. The second-order valence-electron chi connectivity index (χ2n) is 7.17. The number of piperidine rings is 1. The number of carbonyl (C=O) groups is 1. The molecule has 1 fully saturated rings. The highest BCUT2D eigenvalue weighted by molar-refractivity contribution is 7.89. The van der Waals surface area contributed by atoms with Crippen LogP contribution in [0.4, 0.5) is 4.39 Å². The number of rotatable bonds is 4. The third kappa shape index (κ3) is 3.92. The van der Waals surface area contributed by atoms with Crippen molar-refractivity contribution in [2.45, 2.75) is 30.7 Å². The third-order valence-electron chi connectivity index (χ3n) is 5.25. The first kappa shape index (κ1) is 20.0. The smallest absolute Gasteiger partial charge is 0.264 e. The van der Waals surface area contributed by atoms with Crippen LogP contribution >= 0.6 is 11.3 Å². The molecular formula is C21H21FN2O3S2. The van der Waals surface area contributed by atoms with Crippen molar-refractivity contribution < 1.29 is 17.6 Å². The molecule has 0 radical (unpaired) electrons. The van der Waals surface area contributed by atoms with Crippen LogP contribution in [0.3, 0.4) is 0 Å². The molecule has 0 atom stereocenters. The summed E-state index contributed by atoms with van der Waals surface area (Å²) >= 11 is 1.31. The highest BCUT2D eigenvalue weighted by Crippen LogP contribution is 2.33. The van der Waals surface area contributed by atoms with Crippen molar-refractivity contribution in [3.05, 3.63) is 64.8 Å². The molecule has 0 unspecified atom stereocenters. The minimum absolute atomic E-state index is 0.118. The van der Waals surface area contributed by atoms with Crippen LogP contribution in [0, 0.1) is 12.7 Å². The number of aryl methyl sites for hydroxylation is 1. The lowest BCUT2D eigenvalue weighted by Gasteiger charge is -2.32. The summed E-state index contributed by atoms with van der Waals surface area (Å²) in [5.74, 6) is -0.434. The van der Waals surface area contributed by atoms with Gasteiger partial charge in [-0.05, 0) is 49.6 Å². The fourth-order valence-electron chi connectivity index (χ4n) is 3.69. The second kappa shape index (κ2) is 7.85. The van der Waals surface area contributed by atoms with Gasteiger partial charge in [-0.25, -0.2) is 17.5 Å². The number of amides is 1. The number of thiophene rings is 1. The van der Waals surface area contributed by atoms with Crippen molar-refractivity contribution in [1.82, 2.24) is 9.62 Å². The number of fused-ring (bicyclic) bond motifs is 1. The Kier molecular flexibility index (Phi) is 5.42. The first-order chi connectivity index (χ1) is 13.9. The standard InChI is InChI=1S/C21H21FN2O3S2/c1-14-19-17(22)8-5-9-18(19)28-20(14)21(25)24-12-10-15(11-13-24)23-29(26,27)16-6-3-2-4-7-16/h2-9,15,23H,10-13H2,1H3. The number of nitrogens with zero attached hydrogens (tertiary/aromatic N) is 1. The van der Waals surface area contributed by atoms with E-state index in [-0.39, 0.29) is 22.7 Å². The van der Waals surface area contributed by atoms with Gasteiger partial charge in [0.25, 0.3) is 5.91 Å². The van der Waals surface area contributed by atoms with Gasteiger partial charge < -0.3 is 4.90 Å². The molecule has 4 rings (SSSR count). The molecule has 1 aromatic heterocycles. The molecule has 1 aliphatic rings. The Hall–Kier alpha value is -2.29. The van der Waals surface area contributed by atoms with Crippen molar-refractivity contribution in [2.75, 3.05) is 13.1 Å². The van der Waals surface area contributed by atoms with E-state index >= 15 is 0 Å². The summed E-state index contributed by atoms with van der Waals surface area (Å²) in [6, 6.07) is 12.9. The first-order valence-electron chi connectivity index (χ1n) is 9.41. The maximum Gasteiger partial charge on any atom is 0.264 e. The molecule has 0 bridgehead atoms. The Bertz CT molecular complexity index is 1150. The van der Waals surface area contributed by atoms with Crippen LogP contribution in [0.2, 0.25) is 0 Å². The van der Waals surface area contributed by atoms with Crippen LogP contribution in [0.5, 0.6) is 0 Å². The van der Waals surface area contributed by atoms with Crippen molar-refractivity contribution in [2.24, 2.45) is 0 Å². The molecule has 2 aromatic carbocycles. The molecule has 3 aromatic rings. The monoisotopic (exact) mass is 432 g/mol. The maximum absolute atomic E-state index is 14.1. The Morgan fingerprint density at radius 2 is 1.79 bits per heavy atom. The van der Waals surface area contributed by atoms with Gasteiger partial charge in [0.15, 0.2) is 0 Å². The zero-order valence-corrected chi connectivity index (χ0v) is 17.5.